The Labute approximate surface area is 106 Å². The summed E-state index contributed by atoms with van der Waals surface area (Å²) in [4.78, 5) is 4.27. The smallest absolute Gasteiger partial charge is 0.0375 e. The number of pyridine rings is 1. The summed E-state index contributed by atoms with van der Waals surface area (Å²) in [6.07, 6.45) is 5.55. The van der Waals surface area contributed by atoms with E-state index >= 15 is 0 Å². The second-order valence-electron chi connectivity index (χ2n) is 4.99. The van der Waals surface area contributed by atoms with E-state index in [1.54, 1.807) is 0 Å². The summed E-state index contributed by atoms with van der Waals surface area (Å²) in [6, 6.07) is 4.82. The molecule has 1 aromatic heterocycles. The van der Waals surface area contributed by atoms with Gasteiger partial charge in [0.15, 0.2) is 0 Å². The van der Waals surface area contributed by atoms with Crippen LogP contribution in [0, 0.1) is 12.8 Å². The number of hydrogen-bond acceptors (Lipinski definition) is 2. The molecule has 0 fully saturated rings. The highest BCUT2D eigenvalue weighted by atomic mass is 14.9. The maximum absolute atomic E-state index is 4.27. The van der Waals surface area contributed by atoms with Crippen molar-refractivity contribution in [2.75, 3.05) is 6.54 Å². The van der Waals surface area contributed by atoms with Crippen molar-refractivity contribution < 1.29 is 0 Å². The molecule has 0 bridgehead atoms. The third kappa shape index (κ3) is 4.86. The summed E-state index contributed by atoms with van der Waals surface area (Å²) in [5.41, 5.74) is 2.49. The van der Waals surface area contributed by atoms with Crippen LogP contribution in [0.3, 0.4) is 0 Å². The number of aryl methyl sites for hydroxylation is 1. The zero-order valence-electron chi connectivity index (χ0n) is 11.7. The second kappa shape index (κ2) is 7.44. The molecule has 0 saturated heterocycles. The van der Waals surface area contributed by atoms with Crippen LogP contribution in [-0.2, 0) is 0 Å². The molecule has 1 heterocycles. The highest BCUT2D eigenvalue weighted by molar-refractivity contribution is 5.19. The van der Waals surface area contributed by atoms with Crippen molar-refractivity contribution in [1.82, 2.24) is 10.3 Å². The van der Waals surface area contributed by atoms with Crippen LogP contribution in [0.25, 0.3) is 0 Å². The Morgan fingerprint density at radius 3 is 2.71 bits per heavy atom. The number of nitrogens with one attached hydrogen (secondary N) is 1. The molecule has 0 amide bonds. The first-order chi connectivity index (χ1) is 8.17. The minimum absolute atomic E-state index is 0.478. The molecule has 0 saturated carbocycles. The Balaban J connectivity index is 2.74. The van der Waals surface area contributed by atoms with Crippen molar-refractivity contribution in [2.24, 2.45) is 5.92 Å². The molecular formula is C15H26N2. The van der Waals surface area contributed by atoms with Gasteiger partial charge in [-0.15, -0.1) is 0 Å². The van der Waals surface area contributed by atoms with Crippen molar-refractivity contribution in [2.45, 2.75) is 53.0 Å². The summed E-state index contributed by atoms with van der Waals surface area (Å²) >= 11 is 0. The number of hydrogen-bond donors (Lipinski definition) is 1. The fourth-order valence-corrected chi connectivity index (χ4v) is 2.01. The molecule has 0 spiro atoms. The SMILES string of the molecule is CCCNC(CC(C)CC)c1ccnc(C)c1. The number of aromatic nitrogens is 1. The van der Waals surface area contributed by atoms with E-state index in [0.29, 0.717) is 6.04 Å². The van der Waals surface area contributed by atoms with Gasteiger partial charge in [-0.2, -0.15) is 0 Å². The Kier molecular flexibility index (Phi) is 6.20. The van der Waals surface area contributed by atoms with Gasteiger partial charge in [-0.25, -0.2) is 0 Å². The molecular weight excluding hydrogens is 208 g/mol. The standard InChI is InChI=1S/C15H26N2/c1-5-8-17-15(10-12(3)6-2)14-7-9-16-13(4)11-14/h7,9,11-12,15,17H,5-6,8,10H2,1-4H3. The monoisotopic (exact) mass is 234 g/mol. The lowest BCUT2D eigenvalue weighted by atomic mass is 9.94. The maximum atomic E-state index is 4.27. The first-order valence-corrected chi connectivity index (χ1v) is 6.83. The lowest BCUT2D eigenvalue weighted by Crippen LogP contribution is -2.24. The zero-order chi connectivity index (χ0) is 12.7. The molecule has 0 aliphatic carbocycles. The van der Waals surface area contributed by atoms with Crippen LogP contribution in [0.4, 0.5) is 0 Å². The van der Waals surface area contributed by atoms with Crippen molar-refractivity contribution in [1.29, 1.82) is 0 Å². The molecule has 2 atom stereocenters. The molecule has 0 radical (unpaired) electrons. The maximum Gasteiger partial charge on any atom is 0.0375 e. The van der Waals surface area contributed by atoms with Crippen molar-refractivity contribution in [3.63, 3.8) is 0 Å². The molecule has 1 N–H and O–H groups in total. The Bertz CT molecular complexity index is 322. The second-order valence-corrected chi connectivity index (χ2v) is 4.99. The van der Waals surface area contributed by atoms with E-state index in [2.05, 4.69) is 50.1 Å². The lowest BCUT2D eigenvalue weighted by Gasteiger charge is -2.22. The summed E-state index contributed by atoms with van der Waals surface area (Å²) in [5, 5.41) is 3.65. The van der Waals surface area contributed by atoms with Gasteiger partial charge in [0, 0.05) is 17.9 Å². The average Bonchev–Trinajstić information content (AvgIpc) is 2.34. The van der Waals surface area contributed by atoms with Gasteiger partial charge >= 0.3 is 0 Å². The van der Waals surface area contributed by atoms with Crippen LogP contribution in [0.2, 0.25) is 0 Å². The highest BCUT2D eigenvalue weighted by Gasteiger charge is 2.13. The fraction of sp³-hybridized carbons (Fsp3) is 0.667. The van der Waals surface area contributed by atoms with Gasteiger partial charge in [-0.3, -0.25) is 4.98 Å². The topological polar surface area (TPSA) is 24.9 Å². The predicted octanol–water partition coefficient (Wildman–Crippen LogP) is 3.87. The van der Waals surface area contributed by atoms with Crippen molar-refractivity contribution in [3.05, 3.63) is 29.6 Å². The quantitative estimate of drug-likeness (QED) is 0.774. The van der Waals surface area contributed by atoms with Gasteiger partial charge in [0.05, 0.1) is 0 Å². The van der Waals surface area contributed by atoms with E-state index in [9.17, 15) is 0 Å². The molecule has 0 aromatic carbocycles. The Hall–Kier alpha value is -0.890. The molecule has 17 heavy (non-hydrogen) atoms. The van der Waals surface area contributed by atoms with Crippen LogP contribution in [0.15, 0.2) is 18.3 Å². The average molecular weight is 234 g/mol. The Morgan fingerprint density at radius 2 is 2.12 bits per heavy atom. The van der Waals surface area contributed by atoms with Crippen molar-refractivity contribution in [3.8, 4) is 0 Å². The third-order valence-electron chi connectivity index (χ3n) is 3.30. The van der Waals surface area contributed by atoms with Gasteiger partial charge in [-0.1, -0.05) is 27.2 Å². The van der Waals surface area contributed by atoms with Crippen LogP contribution < -0.4 is 5.32 Å². The normalized spacial score (nSPS) is 14.6. The molecule has 2 unspecified atom stereocenters. The third-order valence-corrected chi connectivity index (χ3v) is 3.30. The van der Waals surface area contributed by atoms with Gasteiger partial charge in [0.1, 0.15) is 0 Å². The van der Waals surface area contributed by atoms with Gasteiger partial charge in [0.2, 0.25) is 0 Å². The van der Waals surface area contributed by atoms with Crippen LogP contribution >= 0.6 is 0 Å². The van der Waals surface area contributed by atoms with Crippen LogP contribution in [0.1, 0.15) is 57.3 Å². The van der Waals surface area contributed by atoms with E-state index in [0.717, 1.165) is 18.2 Å². The molecule has 0 aliphatic rings. The summed E-state index contributed by atoms with van der Waals surface area (Å²) in [5.74, 6) is 0.762. The van der Waals surface area contributed by atoms with Crippen LogP contribution in [-0.4, -0.2) is 11.5 Å². The largest absolute Gasteiger partial charge is 0.310 e. The lowest BCUT2D eigenvalue weighted by molar-refractivity contribution is 0.402. The molecule has 1 rings (SSSR count). The molecule has 0 aliphatic heterocycles. The van der Waals surface area contributed by atoms with Crippen molar-refractivity contribution >= 4 is 0 Å². The van der Waals surface area contributed by atoms with Crippen LogP contribution in [0.5, 0.6) is 0 Å². The van der Waals surface area contributed by atoms with E-state index in [1.165, 1.54) is 24.8 Å². The number of rotatable bonds is 7. The molecule has 2 heteroatoms. The summed E-state index contributed by atoms with van der Waals surface area (Å²) in [7, 11) is 0. The van der Waals surface area contributed by atoms with E-state index < -0.39 is 0 Å². The highest BCUT2D eigenvalue weighted by Crippen LogP contribution is 2.23. The van der Waals surface area contributed by atoms with E-state index in [1.807, 2.05) is 6.20 Å². The summed E-state index contributed by atoms with van der Waals surface area (Å²) in [6.45, 7) is 9.95. The van der Waals surface area contributed by atoms with E-state index in [4.69, 9.17) is 0 Å². The first-order valence-electron chi connectivity index (χ1n) is 6.83. The minimum atomic E-state index is 0.478. The van der Waals surface area contributed by atoms with Gasteiger partial charge in [-0.05, 0) is 49.9 Å². The minimum Gasteiger partial charge on any atom is -0.310 e. The molecule has 2 nitrogen and oxygen atoms in total. The Morgan fingerprint density at radius 1 is 1.35 bits per heavy atom. The predicted molar refractivity (Wildman–Crippen MR) is 74.1 cm³/mol. The first kappa shape index (κ1) is 14.2. The molecule has 1 aromatic rings. The van der Waals surface area contributed by atoms with Gasteiger partial charge < -0.3 is 5.32 Å². The summed E-state index contributed by atoms with van der Waals surface area (Å²) < 4.78 is 0. The molecule has 96 valence electrons. The van der Waals surface area contributed by atoms with E-state index in [-0.39, 0.29) is 0 Å². The fourth-order valence-electron chi connectivity index (χ4n) is 2.01. The number of nitrogens with zero attached hydrogens (tertiary/aromatic N) is 1. The van der Waals surface area contributed by atoms with Gasteiger partial charge in [0.25, 0.3) is 0 Å². The zero-order valence-corrected chi connectivity index (χ0v) is 11.7.